The van der Waals surface area contributed by atoms with Crippen molar-refractivity contribution < 1.29 is 13.2 Å². The standard InChI is InChI=1S/C17H20N2O3S/c1-12-11-18-8-6-14(12)7-9-19-16-10-15(13(2)20)4-5-17(16)23(3,21)22/h4-6,8,10-11,19H,7,9H2,1-3H3. The SMILES string of the molecule is CC(=O)c1ccc(S(C)(=O)=O)c(NCCc2ccncc2C)c1. The van der Waals surface area contributed by atoms with Gasteiger partial charge in [-0.3, -0.25) is 9.78 Å². The Bertz CT molecular complexity index is 829. The third kappa shape index (κ3) is 4.39. The zero-order valence-electron chi connectivity index (χ0n) is 13.5. The molecule has 1 heterocycles. The summed E-state index contributed by atoms with van der Waals surface area (Å²) in [7, 11) is -3.36. The molecule has 0 amide bonds. The van der Waals surface area contributed by atoms with Gasteiger partial charge in [-0.05, 0) is 55.7 Å². The van der Waals surface area contributed by atoms with Crippen LogP contribution in [-0.4, -0.2) is 32.0 Å². The van der Waals surface area contributed by atoms with E-state index in [0.717, 1.165) is 23.8 Å². The van der Waals surface area contributed by atoms with E-state index in [-0.39, 0.29) is 10.7 Å². The number of anilines is 1. The van der Waals surface area contributed by atoms with E-state index < -0.39 is 9.84 Å². The highest BCUT2D eigenvalue weighted by atomic mass is 32.2. The maximum atomic E-state index is 11.9. The first-order chi connectivity index (χ1) is 10.8. The summed E-state index contributed by atoms with van der Waals surface area (Å²) in [6.45, 7) is 4.01. The van der Waals surface area contributed by atoms with Gasteiger partial charge in [-0.2, -0.15) is 0 Å². The van der Waals surface area contributed by atoms with Crippen LogP contribution in [0.3, 0.4) is 0 Å². The minimum absolute atomic E-state index is 0.0990. The van der Waals surface area contributed by atoms with Crippen LogP contribution in [0.4, 0.5) is 5.69 Å². The topological polar surface area (TPSA) is 76.1 Å². The van der Waals surface area contributed by atoms with Crippen LogP contribution in [0.5, 0.6) is 0 Å². The van der Waals surface area contributed by atoms with Crippen LogP contribution >= 0.6 is 0 Å². The van der Waals surface area contributed by atoms with Crippen molar-refractivity contribution in [1.82, 2.24) is 4.98 Å². The molecule has 5 nitrogen and oxygen atoms in total. The lowest BCUT2D eigenvalue weighted by Gasteiger charge is -2.13. The van der Waals surface area contributed by atoms with E-state index in [4.69, 9.17) is 0 Å². The normalized spacial score (nSPS) is 11.3. The number of carbonyl (C=O) groups excluding carboxylic acids is 1. The molecular weight excluding hydrogens is 312 g/mol. The number of aryl methyl sites for hydroxylation is 1. The molecule has 23 heavy (non-hydrogen) atoms. The van der Waals surface area contributed by atoms with E-state index in [1.807, 2.05) is 13.0 Å². The lowest BCUT2D eigenvalue weighted by Crippen LogP contribution is -2.11. The highest BCUT2D eigenvalue weighted by Crippen LogP contribution is 2.23. The number of hydrogen-bond acceptors (Lipinski definition) is 5. The van der Waals surface area contributed by atoms with Crippen LogP contribution in [0.15, 0.2) is 41.6 Å². The fourth-order valence-electron chi connectivity index (χ4n) is 2.32. The van der Waals surface area contributed by atoms with Crippen LogP contribution < -0.4 is 5.32 Å². The summed E-state index contributed by atoms with van der Waals surface area (Å²) in [5.74, 6) is -0.0990. The largest absolute Gasteiger partial charge is 0.384 e. The van der Waals surface area contributed by atoms with Crippen molar-refractivity contribution in [2.24, 2.45) is 0 Å². The average molecular weight is 332 g/mol. The molecule has 0 unspecified atom stereocenters. The maximum Gasteiger partial charge on any atom is 0.177 e. The molecule has 122 valence electrons. The number of ketones is 1. The number of pyridine rings is 1. The third-order valence-electron chi connectivity index (χ3n) is 3.63. The maximum absolute atomic E-state index is 11.9. The monoisotopic (exact) mass is 332 g/mol. The Hall–Kier alpha value is -2.21. The van der Waals surface area contributed by atoms with Gasteiger partial charge in [-0.25, -0.2) is 8.42 Å². The average Bonchev–Trinajstić information content (AvgIpc) is 2.48. The fourth-order valence-corrected chi connectivity index (χ4v) is 3.17. The van der Waals surface area contributed by atoms with Crippen LogP contribution in [0, 0.1) is 6.92 Å². The van der Waals surface area contributed by atoms with Crippen LogP contribution in [0.2, 0.25) is 0 Å². The zero-order chi connectivity index (χ0) is 17.0. The summed E-state index contributed by atoms with van der Waals surface area (Å²) in [5.41, 5.74) is 3.19. The molecule has 1 aromatic carbocycles. The predicted octanol–water partition coefficient (Wildman–Crippen LogP) is 2.65. The number of nitrogens with one attached hydrogen (secondary N) is 1. The Morgan fingerprint density at radius 3 is 2.61 bits per heavy atom. The van der Waals surface area contributed by atoms with Gasteiger partial charge in [0.15, 0.2) is 15.6 Å². The van der Waals surface area contributed by atoms with Gasteiger partial charge < -0.3 is 5.32 Å². The highest BCUT2D eigenvalue weighted by Gasteiger charge is 2.15. The van der Waals surface area contributed by atoms with E-state index in [0.29, 0.717) is 17.8 Å². The zero-order valence-corrected chi connectivity index (χ0v) is 14.3. The molecule has 0 fully saturated rings. The third-order valence-corrected chi connectivity index (χ3v) is 4.79. The van der Waals surface area contributed by atoms with Crippen molar-refractivity contribution in [3.8, 4) is 0 Å². The number of benzene rings is 1. The van der Waals surface area contributed by atoms with E-state index in [1.165, 1.54) is 19.1 Å². The Kier molecular flexibility index (Phi) is 5.15. The smallest absolute Gasteiger partial charge is 0.177 e. The van der Waals surface area contributed by atoms with E-state index >= 15 is 0 Å². The van der Waals surface area contributed by atoms with Gasteiger partial charge in [-0.1, -0.05) is 0 Å². The van der Waals surface area contributed by atoms with Crippen molar-refractivity contribution in [2.45, 2.75) is 25.2 Å². The second kappa shape index (κ2) is 6.91. The first-order valence-corrected chi connectivity index (χ1v) is 9.16. The van der Waals surface area contributed by atoms with Gasteiger partial charge in [0, 0.05) is 30.8 Å². The number of aromatic nitrogens is 1. The van der Waals surface area contributed by atoms with Crippen LogP contribution in [0.1, 0.15) is 28.4 Å². The van der Waals surface area contributed by atoms with E-state index in [9.17, 15) is 13.2 Å². The van der Waals surface area contributed by atoms with Gasteiger partial charge in [0.2, 0.25) is 0 Å². The van der Waals surface area contributed by atoms with Gasteiger partial charge in [-0.15, -0.1) is 0 Å². The Morgan fingerprint density at radius 1 is 1.26 bits per heavy atom. The molecule has 0 radical (unpaired) electrons. The molecule has 2 rings (SSSR count). The number of hydrogen-bond donors (Lipinski definition) is 1. The molecule has 2 aromatic rings. The van der Waals surface area contributed by atoms with Crippen molar-refractivity contribution in [2.75, 3.05) is 18.1 Å². The summed E-state index contributed by atoms with van der Waals surface area (Å²) in [5, 5.41) is 3.14. The minimum atomic E-state index is -3.36. The number of sulfone groups is 1. The van der Waals surface area contributed by atoms with Crippen molar-refractivity contribution in [3.05, 3.63) is 53.3 Å². The quantitative estimate of drug-likeness (QED) is 0.823. The minimum Gasteiger partial charge on any atom is -0.384 e. The van der Waals surface area contributed by atoms with E-state index in [2.05, 4.69) is 10.3 Å². The molecule has 0 atom stereocenters. The molecule has 0 saturated heterocycles. The summed E-state index contributed by atoms with van der Waals surface area (Å²) in [6, 6.07) is 6.56. The Labute approximate surface area is 136 Å². The number of Topliss-reactive ketones (excluding diaryl/α,β-unsaturated/α-hetero) is 1. The molecule has 0 saturated carbocycles. The first-order valence-electron chi connectivity index (χ1n) is 7.27. The summed E-state index contributed by atoms with van der Waals surface area (Å²) >= 11 is 0. The molecule has 1 N–H and O–H groups in total. The second-order valence-electron chi connectivity index (χ2n) is 5.52. The lowest BCUT2D eigenvalue weighted by molar-refractivity contribution is 0.101. The van der Waals surface area contributed by atoms with Gasteiger partial charge in [0.05, 0.1) is 10.6 Å². The number of carbonyl (C=O) groups is 1. The van der Waals surface area contributed by atoms with Crippen molar-refractivity contribution in [1.29, 1.82) is 0 Å². The lowest BCUT2D eigenvalue weighted by atomic mass is 10.1. The molecule has 0 aliphatic carbocycles. The summed E-state index contributed by atoms with van der Waals surface area (Å²) in [4.78, 5) is 15.8. The predicted molar refractivity (Wildman–Crippen MR) is 90.7 cm³/mol. The van der Waals surface area contributed by atoms with Gasteiger partial charge in [0.25, 0.3) is 0 Å². The Balaban J connectivity index is 2.22. The Morgan fingerprint density at radius 2 is 2.00 bits per heavy atom. The summed E-state index contributed by atoms with van der Waals surface area (Å²) < 4.78 is 23.8. The van der Waals surface area contributed by atoms with Gasteiger partial charge in [0.1, 0.15) is 0 Å². The highest BCUT2D eigenvalue weighted by molar-refractivity contribution is 7.90. The van der Waals surface area contributed by atoms with Crippen molar-refractivity contribution >= 4 is 21.3 Å². The van der Waals surface area contributed by atoms with Crippen molar-refractivity contribution in [3.63, 3.8) is 0 Å². The molecular formula is C17H20N2O3S. The van der Waals surface area contributed by atoms with Crippen LogP contribution in [-0.2, 0) is 16.3 Å². The molecule has 0 spiro atoms. The molecule has 0 aliphatic heterocycles. The number of rotatable bonds is 6. The molecule has 0 bridgehead atoms. The summed E-state index contributed by atoms with van der Waals surface area (Å²) in [6.07, 6.45) is 5.43. The molecule has 6 heteroatoms. The first kappa shape index (κ1) is 17.1. The van der Waals surface area contributed by atoms with Crippen LogP contribution in [0.25, 0.3) is 0 Å². The van der Waals surface area contributed by atoms with E-state index in [1.54, 1.807) is 18.5 Å². The second-order valence-corrected chi connectivity index (χ2v) is 7.50. The molecule has 1 aromatic heterocycles. The number of nitrogens with zero attached hydrogens (tertiary/aromatic N) is 1. The fraction of sp³-hybridized carbons (Fsp3) is 0.294. The molecule has 0 aliphatic rings. The van der Waals surface area contributed by atoms with Gasteiger partial charge >= 0.3 is 0 Å².